The zero-order valence-corrected chi connectivity index (χ0v) is 12.9. The van der Waals surface area contributed by atoms with Gasteiger partial charge in [0.05, 0.1) is 0 Å². The van der Waals surface area contributed by atoms with Crippen molar-refractivity contribution in [2.75, 3.05) is 20.1 Å². The molecule has 19 heavy (non-hydrogen) atoms. The van der Waals surface area contributed by atoms with Crippen molar-refractivity contribution in [3.63, 3.8) is 0 Å². The Bertz CT molecular complexity index is 406. The lowest BCUT2D eigenvalue weighted by Crippen LogP contribution is -2.25. The van der Waals surface area contributed by atoms with Crippen molar-refractivity contribution < 1.29 is 0 Å². The van der Waals surface area contributed by atoms with E-state index in [1.54, 1.807) is 0 Å². The van der Waals surface area contributed by atoms with Crippen molar-refractivity contribution in [1.82, 2.24) is 10.2 Å². The Kier molecular flexibility index (Phi) is 4.64. The van der Waals surface area contributed by atoms with E-state index in [0.717, 1.165) is 19.0 Å². The molecular weight excluding hydrogens is 232 g/mol. The predicted octanol–water partition coefficient (Wildman–Crippen LogP) is 3.27. The van der Waals surface area contributed by atoms with E-state index in [-0.39, 0.29) is 0 Å². The number of rotatable bonds is 4. The molecule has 1 heterocycles. The Morgan fingerprint density at radius 2 is 2.00 bits per heavy atom. The minimum absolute atomic E-state index is 0.447. The van der Waals surface area contributed by atoms with Gasteiger partial charge in [0, 0.05) is 19.6 Å². The maximum atomic E-state index is 3.22. The molecule has 106 valence electrons. The molecule has 0 aliphatic carbocycles. The van der Waals surface area contributed by atoms with Crippen molar-refractivity contribution >= 4 is 0 Å². The summed E-state index contributed by atoms with van der Waals surface area (Å²) in [5.74, 6) is 0.841. The molecule has 0 aromatic heterocycles. The lowest BCUT2D eigenvalue weighted by atomic mass is 9.80. The molecule has 0 bridgehead atoms. The van der Waals surface area contributed by atoms with Crippen LogP contribution in [0.15, 0.2) is 24.3 Å². The molecule has 2 heteroatoms. The first-order valence-electron chi connectivity index (χ1n) is 7.44. The van der Waals surface area contributed by atoms with Crippen molar-refractivity contribution in [3.8, 4) is 0 Å². The van der Waals surface area contributed by atoms with Gasteiger partial charge in [-0.05, 0) is 42.5 Å². The summed E-state index contributed by atoms with van der Waals surface area (Å²) in [6.45, 7) is 11.7. The van der Waals surface area contributed by atoms with Crippen LogP contribution < -0.4 is 5.32 Å². The van der Waals surface area contributed by atoms with Crippen LogP contribution in [0.1, 0.15) is 38.3 Å². The van der Waals surface area contributed by atoms with E-state index >= 15 is 0 Å². The molecule has 1 aromatic rings. The van der Waals surface area contributed by atoms with Crippen LogP contribution in [-0.4, -0.2) is 25.0 Å². The summed E-state index contributed by atoms with van der Waals surface area (Å²) in [7, 11) is 2.00. The summed E-state index contributed by atoms with van der Waals surface area (Å²) in [5, 5.41) is 3.22. The fraction of sp³-hybridized carbons (Fsp3) is 0.647. The average molecular weight is 260 g/mol. The van der Waals surface area contributed by atoms with E-state index < -0.39 is 0 Å². The number of likely N-dealkylation sites (tertiary alicyclic amines) is 1. The van der Waals surface area contributed by atoms with E-state index in [2.05, 4.69) is 55.3 Å². The minimum Gasteiger partial charge on any atom is -0.316 e. The van der Waals surface area contributed by atoms with E-state index in [0.29, 0.717) is 5.41 Å². The zero-order chi connectivity index (χ0) is 13.9. The van der Waals surface area contributed by atoms with Crippen molar-refractivity contribution in [2.45, 2.75) is 40.3 Å². The molecule has 1 unspecified atom stereocenters. The quantitative estimate of drug-likeness (QED) is 0.894. The van der Waals surface area contributed by atoms with Gasteiger partial charge in [0.2, 0.25) is 0 Å². The molecule has 1 fully saturated rings. The second-order valence-corrected chi connectivity index (χ2v) is 6.94. The third-order valence-corrected chi connectivity index (χ3v) is 4.28. The zero-order valence-electron chi connectivity index (χ0n) is 12.9. The second-order valence-electron chi connectivity index (χ2n) is 6.94. The molecule has 1 aliphatic heterocycles. The van der Waals surface area contributed by atoms with Gasteiger partial charge in [0.25, 0.3) is 0 Å². The second kappa shape index (κ2) is 6.06. The van der Waals surface area contributed by atoms with Crippen molar-refractivity contribution in [3.05, 3.63) is 35.4 Å². The van der Waals surface area contributed by atoms with E-state index in [1.807, 2.05) is 7.05 Å². The maximum absolute atomic E-state index is 3.22. The Morgan fingerprint density at radius 1 is 1.26 bits per heavy atom. The molecule has 0 saturated carbocycles. The van der Waals surface area contributed by atoms with Crippen LogP contribution in [0.5, 0.6) is 0 Å². The first kappa shape index (κ1) is 14.5. The fourth-order valence-electron chi connectivity index (χ4n) is 2.98. The highest BCUT2D eigenvalue weighted by Gasteiger charge is 2.31. The van der Waals surface area contributed by atoms with Gasteiger partial charge >= 0.3 is 0 Å². The van der Waals surface area contributed by atoms with Crippen LogP contribution in [-0.2, 0) is 13.1 Å². The molecule has 1 aliphatic rings. The standard InChI is InChI=1S/C17H28N2/c1-17(2,3)16-8-9-19(13-16)12-15-7-5-6-14(10-15)11-18-4/h5-7,10,16,18H,8-9,11-13H2,1-4H3. The molecule has 0 amide bonds. The summed E-state index contributed by atoms with van der Waals surface area (Å²) in [6.07, 6.45) is 1.35. The molecule has 2 nitrogen and oxygen atoms in total. The Labute approximate surface area is 118 Å². The third-order valence-electron chi connectivity index (χ3n) is 4.28. The summed E-state index contributed by atoms with van der Waals surface area (Å²) in [5.41, 5.74) is 3.27. The summed E-state index contributed by atoms with van der Waals surface area (Å²) >= 11 is 0. The van der Waals surface area contributed by atoms with E-state index in [1.165, 1.54) is 30.6 Å². The Morgan fingerprint density at radius 3 is 2.63 bits per heavy atom. The van der Waals surface area contributed by atoms with Crippen LogP contribution in [0.4, 0.5) is 0 Å². The molecule has 1 saturated heterocycles. The van der Waals surface area contributed by atoms with Gasteiger partial charge in [0.15, 0.2) is 0 Å². The smallest absolute Gasteiger partial charge is 0.0233 e. The van der Waals surface area contributed by atoms with Crippen LogP contribution in [0.2, 0.25) is 0 Å². The SMILES string of the molecule is CNCc1cccc(CN2CCC(C(C)(C)C)C2)c1. The highest BCUT2D eigenvalue weighted by molar-refractivity contribution is 5.23. The number of hydrogen-bond acceptors (Lipinski definition) is 2. The molecular formula is C17H28N2. The normalized spacial score (nSPS) is 20.9. The van der Waals surface area contributed by atoms with Gasteiger partial charge in [-0.3, -0.25) is 4.90 Å². The van der Waals surface area contributed by atoms with E-state index in [9.17, 15) is 0 Å². The van der Waals surface area contributed by atoms with Crippen LogP contribution >= 0.6 is 0 Å². The van der Waals surface area contributed by atoms with Gasteiger partial charge in [0.1, 0.15) is 0 Å². The first-order valence-corrected chi connectivity index (χ1v) is 7.44. The number of benzene rings is 1. The molecule has 0 spiro atoms. The maximum Gasteiger partial charge on any atom is 0.0233 e. The summed E-state index contributed by atoms with van der Waals surface area (Å²) in [4.78, 5) is 2.61. The molecule has 0 radical (unpaired) electrons. The lowest BCUT2D eigenvalue weighted by Gasteiger charge is -2.27. The molecule has 1 atom stereocenters. The monoisotopic (exact) mass is 260 g/mol. The summed E-state index contributed by atoms with van der Waals surface area (Å²) < 4.78 is 0. The topological polar surface area (TPSA) is 15.3 Å². The highest BCUT2D eigenvalue weighted by Crippen LogP contribution is 2.34. The molecule has 2 rings (SSSR count). The van der Waals surface area contributed by atoms with Gasteiger partial charge in [-0.2, -0.15) is 0 Å². The van der Waals surface area contributed by atoms with Gasteiger partial charge in [-0.15, -0.1) is 0 Å². The minimum atomic E-state index is 0.447. The number of nitrogens with zero attached hydrogens (tertiary/aromatic N) is 1. The van der Waals surface area contributed by atoms with Gasteiger partial charge < -0.3 is 5.32 Å². The summed E-state index contributed by atoms with van der Waals surface area (Å²) in [6, 6.07) is 8.96. The van der Waals surface area contributed by atoms with Crippen LogP contribution in [0, 0.1) is 11.3 Å². The predicted molar refractivity (Wildman–Crippen MR) is 82.0 cm³/mol. The highest BCUT2D eigenvalue weighted by atomic mass is 15.1. The number of hydrogen-bond donors (Lipinski definition) is 1. The average Bonchev–Trinajstić information content (AvgIpc) is 2.78. The van der Waals surface area contributed by atoms with Crippen molar-refractivity contribution in [1.29, 1.82) is 0 Å². The lowest BCUT2D eigenvalue weighted by molar-refractivity contribution is 0.226. The van der Waals surface area contributed by atoms with Crippen molar-refractivity contribution in [2.24, 2.45) is 11.3 Å². The third kappa shape index (κ3) is 4.05. The number of nitrogens with one attached hydrogen (secondary N) is 1. The Hall–Kier alpha value is -0.860. The van der Waals surface area contributed by atoms with Gasteiger partial charge in [-0.25, -0.2) is 0 Å². The molecule has 1 N–H and O–H groups in total. The first-order chi connectivity index (χ1) is 8.99. The largest absolute Gasteiger partial charge is 0.316 e. The molecule has 1 aromatic carbocycles. The van der Waals surface area contributed by atoms with Crippen LogP contribution in [0.3, 0.4) is 0 Å². The Balaban J connectivity index is 1.93. The fourth-order valence-corrected chi connectivity index (χ4v) is 2.98. The van der Waals surface area contributed by atoms with E-state index in [4.69, 9.17) is 0 Å². The van der Waals surface area contributed by atoms with Gasteiger partial charge in [-0.1, -0.05) is 45.0 Å². The van der Waals surface area contributed by atoms with Crippen LogP contribution in [0.25, 0.3) is 0 Å².